The van der Waals surface area contributed by atoms with Crippen molar-refractivity contribution in [1.29, 1.82) is 0 Å². The molecule has 0 aromatic heterocycles. The van der Waals surface area contributed by atoms with E-state index in [1.807, 2.05) is 38.1 Å². The van der Waals surface area contributed by atoms with Gasteiger partial charge in [-0.15, -0.1) is 0 Å². The molecule has 0 amide bonds. The van der Waals surface area contributed by atoms with Gasteiger partial charge in [-0.3, -0.25) is 4.79 Å². The van der Waals surface area contributed by atoms with Crippen molar-refractivity contribution >= 4 is 5.78 Å². The second-order valence-electron chi connectivity index (χ2n) is 6.04. The zero-order valence-corrected chi connectivity index (χ0v) is 12.5. The maximum Gasteiger partial charge on any atom is 0.173 e. The number of carbonyl (C=O) groups excluding carboxylic acids is 1. The van der Waals surface area contributed by atoms with E-state index in [2.05, 4.69) is 0 Å². The van der Waals surface area contributed by atoms with Crippen molar-refractivity contribution in [3.63, 3.8) is 0 Å². The van der Waals surface area contributed by atoms with Crippen LogP contribution >= 0.6 is 0 Å². The molecule has 1 saturated carbocycles. The molecule has 2 rings (SSSR count). The van der Waals surface area contributed by atoms with Gasteiger partial charge in [0.05, 0.1) is 11.7 Å². The average molecular weight is 275 g/mol. The predicted molar refractivity (Wildman–Crippen MR) is 81.1 cm³/mol. The van der Waals surface area contributed by atoms with E-state index in [1.54, 1.807) is 0 Å². The molecule has 3 nitrogen and oxygen atoms in total. The van der Waals surface area contributed by atoms with Crippen LogP contribution in [-0.4, -0.2) is 18.4 Å². The number of rotatable bonds is 5. The number of hydrogen-bond donors (Lipinski definition) is 1. The van der Waals surface area contributed by atoms with Gasteiger partial charge in [0.15, 0.2) is 5.78 Å². The predicted octanol–water partition coefficient (Wildman–Crippen LogP) is 3.57. The Bertz CT molecular complexity index is 462. The van der Waals surface area contributed by atoms with Gasteiger partial charge in [-0.1, -0.05) is 31.4 Å². The van der Waals surface area contributed by atoms with Gasteiger partial charge in [0, 0.05) is 12.0 Å². The van der Waals surface area contributed by atoms with Crippen molar-refractivity contribution in [1.82, 2.24) is 0 Å². The SMILES string of the molecule is CC(C)Oc1ccccc1C(=O)C1(CN)CCCCC1. The fourth-order valence-corrected chi connectivity index (χ4v) is 3.05. The Hall–Kier alpha value is -1.35. The molecule has 3 heteroatoms. The molecule has 1 aliphatic carbocycles. The Labute approximate surface area is 121 Å². The highest BCUT2D eigenvalue weighted by atomic mass is 16.5. The largest absolute Gasteiger partial charge is 0.490 e. The van der Waals surface area contributed by atoms with Crippen LogP contribution in [0.3, 0.4) is 0 Å². The number of para-hydroxylation sites is 1. The van der Waals surface area contributed by atoms with Crippen molar-refractivity contribution in [3.8, 4) is 5.75 Å². The van der Waals surface area contributed by atoms with E-state index in [4.69, 9.17) is 10.5 Å². The maximum atomic E-state index is 13.0. The van der Waals surface area contributed by atoms with E-state index in [1.165, 1.54) is 6.42 Å². The number of Topliss-reactive ketones (excluding diaryl/α,β-unsaturated/α-hetero) is 1. The number of benzene rings is 1. The van der Waals surface area contributed by atoms with Crippen LogP contribution in [0.5, 0.6) is 5.75 Å². The lowest BCUT2D eigenvalue weighted by Gasteiger charge is -2.35. The van der Waals surface area contributed by atoms with Gasteiger partial charge in [-0.05, 0) is 38.8 Å². The quantitative estimate of drug-likeness (QED) is 0.836. The first-order chi connectivity index (χ1) is 9.59. The summed E-state index contributed by atoms with van der Waals surface area (Å²) in [5, 5.41) is 0. The molecule has 110 valence electrons. The highest BCUT2D eigenvalue weighted by molar-refractivity contribution is 6.03. The normalized spacial score (nSPS) is 18.0. The summed E-state index contributed by atoms with van der Waals surface area (Å²) < 4.78 is 5.79. The Morgan fingerprint density at radius 3 is 2.50 bits per heavy atom. The first-order valence-electron chi connectivity index (χ1n) is 7.59. The van der Waals surface area contributed by atoms with Crippen LogP contribution < -0.4 is 10.5 Å². The van der Waals surface area contributed by atoms with E-state index < -0.39 is 0 Å². The lowest BCUT2D eigenvalue weighted by Crippen LogP contribution is -2.40. The molecule has 2 N–H and O–H groups in total. The summed E-state index contributed by atoms with van der Waals surface area (Å²) in [6.45, 7) is 4.38. The second kappa shape index (κ2) is 6.40. The summed E-state index contributed by atoms with van der Waals surface area (Å²) in [5.41, 5.74) is 6.27. The molecule has 1 aromatic rings. The van der Waals surface area contributed by atoms with Gasteiger partial charge in [0.25, 0.3) is 0 Å². The zero-order chi connectivity index (χ0) is 14.6. The summed E-state index contributed by atoms with van der Waals surface area (Å²) >= 11 is 0. The number of carbonyl (C=O) groups is 1. The summed E-state index contributed by atoms with van der Waals surface area (Å²) in [4.78, 5) is 13.0. The lowest BCUT2D eigenvalue weighted by atomic mass is 9.69. The van der Waals surface area contributed by atoms with Crippen molar-refractivity contribution in [2.45, 2.75) is 52.1 Å². The summed E-state index contributed by atoms with van der Waals surface area (Å²) in [5.74, 6) is 0.849. The standard InChI is InChI=1S/C17H25NO2/c1-13(2)20-15-9-5-4-8-14(15)16(19)17(12-18)10-6-3-7-11-17/h4-5,8-9,13H,3,6-7,10-12,18H2,1-2H3. The van der Waals surface area contributed by atoms with Crippen LogP contribution in [-0.2, 0) is 0 Å². The molecule has 0 spiro atoms. The molecule has 0 radical (unpaired) electrons. The third kappa shape index (κ3) is 3.04. The van der Waals surface area contributed by atoms with Crippen molar-refractivity contribution in [3.05, 3.63) is 29.8 Å². The molecule has 0 aliphatic heterocycles. The van der Waals surface area contributed by atoms with Crippen LogP contribution in [0.4, 0.5) is 0 Å². The molecule has 0 bridgehead atoms. The average Bonchev–Trinajstić information content (AvgIpc) is 2.47. The fourth-order valence-electron chi connectivity index (χ4n) is 3.05. The van der Waals surface area contributed by atoms with E-state index in [9.17, 15) is 4.79 Å². The monoisotopic (exact) mass is 275 g/mol. The smallest absolute Gasteiger partial charge is 0.173 e. The van der Waals surface area contributed by atoms with E-state index >= 15 is 0 Å². The summed E-state index contributed by atoms with van der Waals surface area (Å²) in [6, 6.07) is 7.55. The van der Waals surface area contributed by atoms with Gasteiger partial charge < -0.3 is 10.5 Å². The summed E-state index contributed by atoms with van der Waals surface area (Å²) in [7, 11) is 0. The third-order valence-corrected chi connectivity index (χ3v) is 4.18. The molecule has 1 aromatic carbocycles. The van der Waals surface area contributed by atoms with E-state index in [0.29, 0.717) is 17.9 Å². The first-order valence-corrected chi connectivity index (χ1v) is 7.59. The van der Waals surface area contributed by atoms with Crippen LogP contribution in [0, 0.1) is 5.41 Å². The minimum absolute atomic E-state index is 0.0594. The second-order valence-corrected chi connectivity index (χ2v) is 6.04. The van der Waals surface area contributed by atoms with Gasteiger partial charge in [0.2, 0.25) is 0 Å². The maximum absolute atomic E-state index is 13.0. The van der Waals surface area contributed by atoms with Crippen molar-refractivity contribution in [2.24, 2.45) is 11.1 Å². The van der Waals surface area contributed by atoms with Gasteiger partial charge in [-0.2, -0.15) is 0 Å². The molecule has 0 atom stereocenters. The number of ketones is 1. The van der Waals surface area contributed by atoms with E-state index in [-0.39, 0.29) is 17.3 Å². The topological polar surface area (TPSA) is 52.3 Å². The number of hydrogen-bond acceptors (Lipinski definition) is 3. The van der Waals surface area contributed by atoms with Gasteiger partial charge in [-0.25, -0.2) is 0 Å². The minimum atomic E-state index is -0.380. The van der Waals surface area contributed by atoms with Gasteiger partial charge >= 0.3 is 0 Å². The van der Waals surface area contributed by atoms with Crippen LogP contribution in [0.1, 0.15) is 56.3 Å². The number of nitrogens with two attached hydrogens (primary N) is 1. The summed E-state index contributed by atoms with van der Waals surface area (Å²) in [6.07, 6.45) is 5.26. The number of ether oxygens (including phenoxy) is 1. The Morgan fingerprint density at radius 1 is 1.25 bits per heavy atom. The zero-order valence-electron chi connectivity index (χ0n) is 12.5. The highest BCUT2D eigenvalue weighted by Gasteiger charge is 2.39. The Morgan fingerprint density at radius 2 is 1.90 bits per heavy atom. The fraction of sp³-hybridized carbons (Fsp3) is 0.588. The van der Waals surface area contributed by atoms with Crippen molar-refractivity contribution in [2.75, 3.05) is 6.54 Å². The molecular formula is C17H25NO2. The molecule has 0 saturated heterocycles. The molecule has 20 heavy (non-hydrogen) atoms. The molecular weight excluding hydrogens is 250 g/mol. The minimum Gasteiger partial charge on any atom is -0.490 e. The third-order valence-electron chi connectivity index (χ3n) is 4.18. The van der Waals surface area contributed by atoms with Crippen LogP contribution in [0.25, 0.3) is 0 Å². The lowest BCUT2D eigenvalue weighted by molar-refractivity contribution is 0.0723. The van der Waals surface area contributed by atoms with Crippen LogP contribution in [0.15, 0.2) is 24.3 Å². The first kappa shape index (κ1) is 15.0. The Kier molecular flexibility index (Phi) is 4.81. The molecule has 0 unspecified atom stereocenters. The Balaban J connectivity index is 2.32. The highest BCUT2D eigenvalue weighted by Crippen LogP contribution is 2.40. The molecule has 1 aliphatic rings. The van der Waals surface area contributed by atoms with Crippen LogP contribution in [0.2, 0.25) is 0 Å². The van der Waals surface area contributed by atoms with Gasteiger partial charge in [0.1, 0.15) is 5.75 Å². The van der Waals surface area contributed by atoms with E-state index in [0.717, 1.165) is 25.7 Å². The molecule has 1 fully saturated rings. The van der Waals surface area contributed by atoms with Crippen molar-refractivity contribution < 1.29 is 9.53 Å². The molecule has 0 heterocycles.